The number of methoxy groups -OCH3 is 1. The number of anilines is 1. The summed E-state index contributed by atoms with van der Waals surface area (Å²) in [7, 11) is 1.59. The lowest BCUT2D eigenvalue weighted by atomic mass is 9.98. The van der Waals surface area contributed by atoms with Gasteiger partial charge in [-0.2, -0.15) is 5.10 Å². The minimum Gasteiger partial charge on any atom is -0.393 e. The molecule has 1 unspecified atom stereocenters. The molecule has 33 heavy (non-hydrogen) atoms. The summed E-state index contributed by atoms with van der Waals surface area (Å²) in [5, 5.41) is 14.5. The van der Waals surface area contributed by atoms with Crippen LogP contribution in [0.25, 0.3) is 16.0 Å². The van der Waals surface area contributed by atoms with Crippen molar-refractivity contribution in [3.8, 4) is 5.82 Å². The van der Waals surface area contributed by atoms with Gasteiger partial charge in [-0.15, -0.1) is 0 Å². The molecule has 9 heteroatoms. The number of rotatable bonds is 6. The van der Waals surface area contributed by atoms with Crippen LogP contribution in [0.5, 0.6) is 0 Å². The lowest BCUT2D eigenvalue weighted by Crippen LogP contribution is -2.35. The molecular formula is C24H27N5O3S. The molecule has 0 amide bonds. The molecule has 1 aliphatic rings. The predicted octanol–water partition coefficient (Wildman–Crippen LogP) is 3.36. The van der Waals surface area contributed by atoms with Gasteiger partial charge in [-0.25, -0.2) is 9.67 Å². The van der Waals surface area contributed by atoms with Crippen LogP contribution in [0.15, 0.2) is 53.6 Å². The van der Waals surface area contributed by atoms with E-state index < -0.39 is 0 Å². The minimum absolute atomic E-state index is 0.0174. The molecule has 0 spiro atoms. The summed E-state index contributed by atoms with van der Waals surface area (Å²) in [4.78, 5) is 19.1. The highest BCUT2D eigenvalue weighted by Gasteiger charge is 2.18. The van der Waals surface area contributed by atoms with Crippen LogP contribution >= 0.6 is 11.3 Å². The summed E-state index contributed by atoms with van der Waals surface area (Å²) in [6.45, 7) is 4.06. The molecule has 1 aliphatic heterocycles. The van der Waals surface area contributed by atoms with Crippen LogP contribution in [0.3, 0.4) is 0 Å². The van der Waals surface area contributed by atoms with Crippen LogP contribution in [0.4, 0.5) is 5.69 Å². The maximum Gasteiger partial charge on any atom is 0.310 e. The van der Waals surface area contributed by atoms with Crippen LogP contribution in [-0.4, -0.2) is 50.7 Å². The third-order valence-electron chi connectivity index (χ3n) is 6.30. The van der Waals surface area contributed by atoms with Crippen LogP contribution in [0.1, 0.15) is 36.9 Å². The second-order valence-electron chi connectivity index (χ2n) is 8.44. The average Bonchev–Trinajstić information content (AvgIpc) is 3.44. The van der Waals surface area contributed by atoms with Crippen LogP contribution in [0.2, 0.25) is 0 Å². The Morgan fingerprint density at radius 2 is 2.03 bits per heavy atom. The third-order valence-corrected chi connectivity index (χ3v) is 7.24. The van der Waals surface area contributed by atoms with Gasteiger partial charge in [-0.1, -0.05) is 24.3 Å². The van der Waals surface area contributed by atoms with Gasteiger partial charge < -0.3 is 14.7 Å². The molecule has 0 aliphatic carbocycles. The number of fused-ring (bicyclic) bond motifs is 1. The van der Waals surface area contributed by atoms with E-state index in [0.717, 1.165) is 58.9 Å². The molecule has 8 nitrogen and oxygen atoms in total. The Bertz CT molecular complexity index is 1300. The second-order valence-corrected chi connectivity index (χ2v) is 9.43. The summed E-state index contributed by atoms with van der Waals surface area (Å²) in [6, 6.07) is 12.1. The molecule has 4 aromatic rings. The van der Waals surface area contributed by atoms with Crippen molar-refractivity contribution in [2.45, 2.75) is 38.5 Å². The minimum atomic E-state index is -0.188. The lowest BCUT2D eigenvalue weighted by Gasteiger charge is -2.31. The first kappa shape index (κ1) is 21.8. The maximum absolute atomic E-state index is 12.2. The number of aromatic nitrogens is 4. The van der Waals surface area contributed by atoms with Gasteiger partial charge >= 0.3 is 4.87 Å². The van der Waals surface area contributed by atoms with Crippen molar-refractivity contribution in [1.29, 1.82) is 0 Å². The van der Waals surface area contributed by atoms with E-state index in [1.807, 2.05) is 36.7 Å². The van der Waals surface area contributed by atoms with Gasteiger partial charge in [-0.05, 0) is 48.7 Å². The van der Waals surface area contributed by atoms with Crippen LogP contribution in [-0.2, 0) is 11.5 Å². The van der Waals surface area contributed by atoms with Gasteiger partial charge in [0.15, 0.2) is 5.82 Å². The zero-order valence-corrected chi connectivity index (χ0v) is 19.5. The Morgan fingerprint density at radius 1 is 1.21 bits per heavy atom. The van der Waals surface area contributed by atoms with Gasteiger partial charge in [0.05, 0.1) is 33.9 Å². The van der Waals surface area contributed by atoms with E-state index in [1.54, 1.807) is 16.4 Å². The molecule has 0 radical (unpaired) electrons. The highest BCUT2D eigenvalue weighted by Crippen LogP contribution is 2.28. The van der Waals surface area contributed by atoms with Crippen LogP contribution < -0.4 is 9.77 Å². The number of hydrogen-bond donors (Lipinski definition) is 1. The monoisotopic (exact) mass is 465 g/mol. The normalized spacial score (nSPS) is 15.9. The molecule has 5 rings (SSSR count). The zero-order valence-electron chi connectivity index (χ0n) is 18.7. The fourth-order valence-corrected chi connectivity index (χ4v) is 5.22. The molecule has 3 aromatic heterocycles. The topological polar surface area (TPSA) is 85.4 Å². The molecule has 172 valence electrons. The van der Waals surface area contributed by atoms with Crippen molar-refractivity contribution in [2.24, 2.45) is 0 Å². The summed E-state index contributed by atoms with van der Waals surface area (Å²) < 4.78 is 9.54. The number of thiazole rings is 1. The SMILES string of the molecule is COCn1c(=O)sc2cc(C(C)c3ccn(-c4ccc(N5CCC(O)CC5)cn4)n3)ccc21. The van der Waals surface area contributed by atoms with Crippen molar-refractivity contribution in [1.82, 2.24) is 19.3 Å². The van der Waals surface area contributed by atoms with Gasteiger partial charge in [0.25, 0.3) is 0 Å². The Morgan fingerprint density at radius 3 is 2.76 bits per heavy atom. The number of benzene rings is 1. The molecular weight excluding hydrogens is 438 g/mol. The van der Waals surface area contributed by atoms with Gasteiger partial charge in [0.2, 0.25) is 0 Å². The Balaban J connectivity index is 1.34. The van der Waals surface area contributed by atoms with Crippen molar-refractivity contribution < 1.29 is 9.84 Å². The summed E-state index contributed by atoms with van der Waals surface area (Å²) in [5.74, 6) is 0.835. The molecule has 1 N–H and O–H groups in total. The average molecular weight is 466 g/mol. The van der Waals surface area contributed by atoms with Crippen molar-refractivity contribution in [3.05, 3.63) is 69.7 Å². The quantitative estimate of drug-likeness (QED) is 0.470. The molecule has 1 atom stereocenters. The second kappa shape index (κ2) is 9.09. The summed E-state index contributed by atoms with van der Waals surface area (Å²) in [5.41, 5.74) is 4.00. The highest BCUT2D eigenvalue weighted by atomic mass is 32.1. The van der Waals surface area contributed by atoms with E-state index in [4.69, 9.17) is 9.84 Å². The van der Waals surface area contributed by atoms with Gasteiger partial charge in [0, 0.05) is 32.3 Å². The molecule has 0 saturated carbocycles. The first-order valence-electron chi connectivity index (χ1n) is 11.1. The number of nitrogens with zero attached hydrogens (tertiary/aromatic N) is 5. The number of piperidine rings is 1. The fourth-order valence-electron chi connectivity index (χ4n) is 4.30. The molecule has 0 bridgehead atoms. The Hall–Kier alpha value is -3.01. The maximum atomic E-state index is 12.2. The number of hydrogen-bond acceptors (Lipinski definition) is 7. The molecule has 1 aromatic carbocycles. The van der Waals surface area contributed by atoms with Crippen molar-refractivity contribution in [2.75, 3.05) is 25.1 Å². The molecule has 1 saturated heterocycles. The zero-order chi connectivity index (χ0) is 22.9. The van der Waals surface area contributed by atoms with Crippen molar-refractivity contribution >= 4 is 27.2 Å². The first-order chi connectivity index (χ1) is 16.0. The first-order valence-corrected chi connectivity index (χ1v) is 11.9. The highest BCUT2D eigenvalue weighted by molar-refractivity contribution is 7.16. The third kappa shape index (κ3) is 4.31. The lowest BCUT2D eigenvalue weighted by molar-refractivity contribution is 0.133. The van der Waals surface area contributed by atoms with E-state index in [0.29, 0.717) is 0 Å². The Kier molecular flexibility index (Phi) is 6.01. The van der Waals surface area contributed by atoms with Crippen LogP contribution in [0, 0.1) is 0 Å². The molecule has 4 heterocycles. The number of aliphatic hydroxyl groups is 1. The van der Waals surface area contributed by atoms with Gasteiger partial charge in [0.1, 0.15) is 6.73 Å². The van der Waals surface area contributed by atoms with E-state index in [-0.39, 0.29) is 23.6 Å². The summed E-state index contributed by atoms with van der Waals surface area (Å²) >= 11 is 1.23. The number of ether oxygens (including phenoxy) is 1. The van der Waals surface area contributed by atoms with E-state index in [9.17, 15) is 9.90 Å². The molecule has 1 fully saturated rings. The fraction of sp³-hybridized carbons (Fsp3) is 0.375. The Labute approximate surface area is 195 Å². The largest absolute Gasteiger partial charge is 0.393 e. The summed E-state index contributed by atoms with van der Waals surface area (Å²) in [6.07, 6.45) is 5.20. The van der Waals surface area contributed by atoms with E-state index >= 15 is 0 Å². The van der Waals surface area contributed by atoms with E-state index in [1.165, 1.54) is 11.3 Å². The smallest absolute Gasteiger partial charge is 0.310 e. The number of aliphatic hydroxyl groups excluding tert-OH is 1. The van der Waals surface area contributed by atoms with Gasteiger partial charge in [-0.3, -0.25) is 9.36 Å². The predicted molar refractivity (Wildman–Crippen MR) is 129 cm³/mol. The standard InChI is InChI=1S/C24H27N5O3S/c1-16(17-3-5-21-22(13-17)33-24(31)28(21)15-32-2)20-9-12-29(26-20)23-6-4-18(14-25-23)27-10-7-19(30)8-11-27/h3-6,9,12-14,16,19,30H,7-8,10-11,15H2,1-2H3. The number of pyridine rings is 1. The van der Waals surface area contributed by atoms with Crippen molar-refractivity contribution in [3.63, 3.8) is 0 Å². The van der Waals surface area contributed by atoms with E-state index in [2.05, 4.69) is 28.9 Å².